The summed E-state index contributed by atoms with van der Waals surface area (Å²) in [6.07, 6.45) is 0. The molecule has 76 valence electrons. The van der Waals surface area contributed by atoms with Crippen LogP contribution in [0.25, 0.3) is 0 Å². The fraction of sp³-hybridized carbons (Fsp3) is 0.222. The van der Waals surface area contributed by atoms with E-state index in [9.17, 15) is 4.79 Å². The van der Waals surface area contributed by atoms with Crippen molar-refractivity contribution in [2.24, 2.45) is 0 Å². The lowest BCUT2D eigenvalue weighted by Gasteiger charge is -2.08. The standard InChI is InChI=1S/C9H8Cl2O3/c1-5-7(11)2-6(10)3-8(5)14-4-9(12)13/h2-3H,4H2,1H3,(H,12,13). The molecule has 0 unspecified atom stereocenters. The Bertz CT molecular complexity index is 363. The van der Waals surface area contributed by atoms with Crippen molar-refractivity contribution < 1.29 is 14.6 Å². The van der Waals surface area contributed by atoms with Gasteiger partial charge >= 0.3 is 5.97 Å². The Hall–Kier alpha value is -0.930. The van der Waals surface area contributed by atoms with Crippen LogP contribution in [-0.2, 0) is 4.79 Å². The van der Waals surface area contributed by atoms with Crippen molar-refractivity contribution in [3.63, 3.8) is 0 Å². The van der Waals surface area contributed by atoms with E-state index in [-0.39, 0.29) is 0 Å². The third kappa shape index (κ3) is 2.79. The molecule has 0 aliphatic carbocycles. The number of carboxylic acids is 1. The molecule has 5 heteroatoms. The van der Waals surface area contributed by atoms with Crippen LogP contribution in [0.5, 0.6) is 5.75 Å². The molecular weight excluding hydrogens is 227 g/mol. The molecule has 0 bridgehead atoms. The van der Waals surface area contributed by atoms with E-state index in [0.717, 1.165) is 0 Å². The number of carbonyl (C=O) groups is 1. The van der Waals surface area contributed by atoms with Gasteiger partial charge in [0.15, 0.2) is 6.61 Å². The molecule has 0 aliphatic rings. The van der Waals surface area contributed by atoms with Crippen LogP contribution in [0, 0.1) is 6.92 Å². The number of rotatable bonds is 3. The summed E-state index contributed by atoms with van der Waals surface area (Å²) in [5.74, 6) is -0.648. The molecule has 0 heterocycles. The fourth-order valence-corrected chi connectivity index (χ4v) is 1.39. The van der Waals surface area contributed by atoms with E-state index >= 15 is 0 Å². The van der Waals surface area contributed by atoms with Crippen molar-refractivity contribution in [2.45, 2.75) is 6.92 Å². The predicted molar refractivity (Wildman–Crippen MR) is 54.3 cm³/mol. The van der Waals surface area contributed by atoms with Gasteiger partial charge in [-0.3, -0.25) is 0 Å². The predicted octanol–water partition coefficient (Wildman–Crippen LogP) is 2.77. The number of ether oxygens (including phenoxy) is 1. The lowest BCUT2D eigenvalue weighted by atomic mass is 10.2. The monoisotopic (exact) mass is 234 g/mol. The van der Waals surface area contributed by atoms with E-state index < -0.39 is 12.6 Å². The van der Waals surface area contributed by atoms with Gasteiger partial charge in [0.25, 0.3) is 0 Å². The van der Waals surface area contributed by atoms with Gasteiger partial charge in [0.1, 0.15) is 5.75 Å². The summed E-state index contributed by atoms with van der Waals surface area (Å²) < 4.78 is 4.99. The molecule has 0 aliphatic heterocycles. The molecule has 0 atom stereocenters. The highest BCUT2D eigenvalue weighted by Crippen LogP contribution is 2.29. The summed E-state index contributed by atoms with van der Waals surface area (Å²) in [5.41, 5.74) is 0.678. The Kier molecular flexibility index (Phi) is 3.61. The Balaban J connectivity index is 2.90. The Morgan fingerprint density at radius 2 is 2.14 bits per heavy atom. The first-order valence-corrected chi connectivity index (χ1v) is 4.56. The molecule has 1 rings (SSSR count). The molecule has 0 fully saturated rings. The number of benzene rings is 1. The lowest BCUT2D eigenvalue weighted by Crippen LogP contribution is -2.10. The van der Waals surface area contributed by atoms with Gasteiger partial charge in [-0.2, -0.15) is 0 Å². The third-order valence-corrected chi connectivity index (χ3v) is 2.22. The molecule has 1 aromatic rings. The molecule has 1 N–H and O–H groups in total. The zero-order chi connectivity index (χ0) is 10.7. The number of hydrogen-bond acceptors (Lipinski definition) is 2. The van der Waals surface area contributed by atoms with E-state index in [1.807, 2.05) is 0 Å². The van der Waals surface area contributed by atoms with E-state index in [1.165, 1.54) is 6.07 Å². The fourth-order valence-electron chi connectivity index (χ4n) is 0.912. The molecule has 0 spiro atoms. The van der Waals surface area contributed by atoms with Gasteiger partial charge in [-0.1, -0.05) is 23.2 Å². The smallest absolute Gasteiger partial charge is 0.341 e. The van der Waals surface area contributed by atoms with Crippen molar-refractivity contribution in [1.82, 2.24) is 0 Å². The summed E-state index contributed by atoms with van der Waals surface area (Å²) in [5, 5.41) is 9.29. The van der Waals surface area contributed by atoms with Gasteiger partial charge < -0.3 is 9.84 Å². The zero-order valence-corrected chi connectivity index (χ0v) is 8.89. The van der Waals surface area contributed by atoms with E-state index in [4.69, 9.17) is 33.0 Å². The molecule has 0 aromatic heterocycles. The highest BCUT2D eigenvalue weighted by molar-refractivity contribution is 6.35. The van der Waals surface area contributed by atoms with Crippen LogP contribution in [0.3, 0.4) is 0 Å². The lowest BCUT2D eigenvalue weighted by molar-refractivity contribution is -0.139. The maximum Gasteiger partial charge on any atom is 0.341 e. The van der Waals surface area contributed by atoms with Gasteiger partial charge in [-0.25, -0.2) is 4.79 Å². The normalized spacial score (nSPS) is 9.93. The number of carboxylic acid groups (broad SMARTS) is 1. The Labute approximate surface area is 91.2 Å². The van der Waals surface area contributed by atoms with E-state index in [2.05, 4.69) is 0 Å². The van der Waals surface area contributed by atoms with Gasteiger partial charge in [0.2, 0.25) is 0 Å². The van der Waals surface area contributed by atoms with Crippen molar-refractivity contribution in [1.29, 1.82) is 0 Å². The molecule has 0 saturated carbocycles. The zero-order valence-electron chi connectivity index (χ0n) is 7.38. The highest BCUT2D eigenvalue weighted by Gasteiger charge is 2.07. The van der Waals surface area contributed by atoms with Gasteiger partial charge in [0, 0.05) is 15.6 Å². The van der Waals surface area contributed by atoms with Crippen LogP contribution in [-0.4, -0.2) is 17.7 Å². The summed E-state index contributed by atoms with van der Waals surface area (Å²) in [6.45, 7) is 1.33. The summed E-state index contributed by atoms with van der Waals surface area (Å²) in [6, 6.07) is 3.11. The van der Waals surface area contributed by atoms with Crippen molar-refractivity contribution in [2.75, 3.05) is 6.61 Å². The number of halogens is 2. The molecule has 0 saturated heterocycles. The van der Waals surface area contributed by atoms with Crippen LogP contribution in [0.15, 0.2) is 12.1 Å². The van der Waals surface area contributed by atoms with Crippen LogP contribution in [0.2, 0.25) is 10.0 Å². The van der Waals surface area contributed by atoms with Gasteiger partial charge in [-0.15, -0.1) is 0 Å². The van der Waals surface area contributed by atoms with Crippen LogP contribution >= 0.6 is 23.2 Å². The largest absolute Gasteiger partial charge is 0.482 e. The van der Waals surface area contributed by atoms with Crippen molar-refractivity contribution in [3.05, 3.63) is 27.7 Å². The molecule has 1 aromatic carbocycles. The highest BCUT2D eigenvalue weighted by atomic mass is 35.5. The van der Waals surface area contributed by atoms with Gasteiger partial charge in [0.05, 0.1) is 0 Å². The van der Waals surface area contributed by atoms with E-state index in [1.54, 1.807) is 13.0 Å². The minimum Gasteiger partial charge on any atom is -0.482 e. The minimum absolute atomic E-state index is 0.393. The number of hydrogen-bond donors (Lipinski definition) is 1. The second kappa shape index (κ2) is 4.53. The topological polar surface area (TPSA) is 46.5 Å². The van der Waals surface area contributed by atoms with Gasteiger partial charge in [-0.05, 0) is 19.1 Å². The second-order valence-electron chi connectivity index (χ2n) is 2.69. The molecule has 0 amide bonds. The third-order valence-electron chi connectivity index (χ3n) is 1.61. The first-order chi connectivity index (χ1) is 6.50. The first-order valence-electron chi connectivity index (χ1n) is 3.81. The minimum atomic E-state index is -1.04. The Morgan fingerprint density at radius 3 is 2.71 bits per heavy atom. The average Bonchev–Trinajstić information content (AvgIpc) is 2.08. The number of aliphatic carboxylic acids is 1. The molecule has 3 nitrogen and oxygen atoms in total. The quantitative estimate of drug-likeness (QED) is 0.876. The summed E-state index contributed by atoms with van der Waals surface area (Å²) in [4.78, 5) is 10.3. The summed E-state index contributed by atoms with van der Waals surface area (Å²) in [7, 11) is 0. The summed E-state index contributed by atoms with van der Waals surface area (Å²) >= 11 is 11.5. The maximum absolute atomic E-state index is 10.3. The molecular formula is C9H8Cl2O3. The van der Waals surface area contributed by atoms with Crippen LogP contribution < -0.4 is 4.74 Å². The second-order valence-corrected chi connectivity index (χ2v) is 3.54. The van der Waals surface area contributed by atoms with Crippen molar-refractivity contribution >= 4 is 29.2 Å². The molecule has 14 heavy (non-hydrogen) atoms. The average molecular weight is 235 g/mol. The first kappa shape index (κ1) is 11.1. The SMILES string of the molecule is Cc1c(Cl)cc(Cl)cc1OCC(=O)O. The van der Waals surface area contributed by atoms with E-state index in [0.29, 0.717) is 21.4 Å². The van der Waals surface area contributed by atoms with Crippen LogP contribution in [0.1, 0.15) is 5.56 Å². The van der Waals surface area contributed by atoms with Crippen molar-refractivity contribution in [3.8, 4) is 5.75 Å². The molecule has 0 radical (unpaired) electrons. The Morgan fingerprint density at radius 1 is 1.50 bits per heavy atom. The van der Waals surface area contributed by atoms with Crippen LogP contribution in [0.4, 0.5) is 0 Å². The maximum atomic E-state index is 10.3.